The summed E-state index contributed by atoms with van der Waals surface area (Å²) in [6, 6.07) is -0.283. The number of fused-ring (bicyclic) bond motifs is 1. The number of β-lactam (4-membered cyclic amide) rings is 1. The summed E-state index contributed by atoms with van der Waals surface area (Å²) in [5.74, 6) is -2.64. The van der Waals surface area contributed by atoms with E-state index in [1.807, 2.05) is 0 Å². The Kier molecular flexibility index (Phi) is 4.58. The summed E-state index contributed by atoms with van der Waals surface area (Å²) in [7, 11) is 0. The Labute approximate surface area is 143 Å². The Morgan fingerprint density at radius 2 is 2.12 bits per heavy atom. The summed E-state index contributed by atoms with van der Waals surface area (Å²) in [6.45, 7) is 2.74. The van der Waals surface area contributed by atoms with Crippen molar-refractivity contribution in [3.05, 3.63) is 10.6 Å². The molecule has 24 heavy (non-hydrogen) atoms. The van der Waals surface area contributed by atoms with Crippen molar-refractivity contribution in [2.75, 3.05) is 13.1 Å². The third-order valence-electron chi connectivity index (χ3n) is 4.91. The van der Waals surface area contributed by atoms with Crippen LogP contribution in [-0.4, -0.2) is 63.4 Å². The minimum absolute atomic E-state index is 0.0214. The van der Waals surface area contributed by atoms with Crippen LogP contribution >= 0.6 is 11.8 Å². The van der Waals surface area contributed by atoms with Crippen LogP contribution in [0.1, 0.15) is 19.8 Å². The lowest BCUT2D eigenvalue weighted by atomic mass is 9.83. The molecule has 9 heteroatoms. The molecule has 0 unspecified atom stereocenters. The largest absolute Gasteiger partial charge is 0.477 e. The number of carboxylic acids is 1. The lowest BCUT2D eigenvalue weighted by molar-refractivity contribution is -0.161. The second kappa shape index (κ2) is 6.38. The first-order chi connectivity index (χ1) is 11.3. The molecule has 5 atom stereocenters. The zero-order chi connectivity index (χ0) is 17.6. The molecule has 2 fully saturated rings. The number of nitrogens with two attached hydrogens (primary N) is 1. The van der Waals surface area contributed by atoms with Gasteiger partial charge in [-0.3, -0.25) is 9.59 Å². The third kappa shape index (κ3) is 2.80. The zero-order valence-electron chi connectivity index (χ0n) is 13.3. The first-order valence-electron chi connectivity index (χ1n) is 7.95. The van der Waals surface area contributed by atoms with E-state index < -0.39 is 18.0 Å². The van der Waals surface area contributed by atoms with E-state index in [0.29, 0.717) is 30.8 Å². The summed E-state index contributed by atoms with van der Waals surface area (Å²) in [5.41, 5.74) is 5.38. The number of aliphatic hydroxyl groups is 1. The van der Waals surface area contributed by atoms with E-state index in [4.69, 9.17) is 5.73 Å². The van der Waals surface area contributed by atoms with Gasteiger partial charge in [-0.25, -0.2) is 4.79 Å². The Bertz CT molecular complexity index is 620. The molecular formula is C15H21N3O5S. The van der Waals surface area contributed by atoms with Gasteiger partial charge in [0.05, 0.1) is 24.0 Å². The van der Waals surface area contributed by atoms with Crippen LogP contribution in [0.4, 0.5) is 0 Å². The van der Waals surface area contributed by atoms with Crippen LogP contribution in [0.25, 0.3) is 0 Å². The predicted octanol–water partition coefficient (Wildman–Crippen LogP) is -0.909. The molecular weight excluding hydrogens is 334 g/mol. The van der Waals surface area contributed by atoms with Crippen LogP contribution in [0.2, 0.25) is 0 Å². The van der Waals surface area contributed by atoms with Crippen LogP contribution < -0.4 is 11.1 Å². The van der Waals surface area contributed by atoms with E-state index in [9.17, 15) is 24.6 Å². The van der Waals surface area contributed by atoms with E-state index in [1.165, 1.54) is 16.7 Å². The normalized spacial score (nSPS) is 33.9. The molecule has 0 spiro atoms. The average Bonchev–Trinajstić information content (AvgIpc) is 2.81. The number of thioether (sulfide) groups is 1. The number of piperidine rings is 1. The number of nitrogens with zero attached hydrogens (tertiary/aromatic N) is 1. The van der Waals surface area contributed by atoms with Crippen molar-refractivity contribution in [1.82, 2.24) is 10.2 Å². The fraction of sp³-hybridized carbons (Fsp3) is 0.667. The highest BCUT2D eigenvalue weighted by molar-refractivity contribution is 8.03. The molecule has 0 bridgehead atoms. The van der Waals surface area contributed by atoms with Crippen molar-refractivity contribution in [3.63, 3.8) is 0 Å². The highest BCUT2D eigenvalue weighted by atomic mass is 32.2. The smallest absolute Gasteiger partial charge is 0.353 e. The highest BCUT2D eigenvalue weighted by Gasteiger charge is 2.57. The second-order valence-corrected chi connectivity index (χ2v) is 7.95. The zero-order valence-corrected chi connectivity index (χ0v) is 14.1. The van der Waals surface area contributed by atoms with Gasteiger partial charge >= 0.3 is 5.97 Å². The molecule has 0 aromatic rings. The molecule has 2 saturated heterocycles. The van der Waals surface area contributed by atoms with Gasteiger partial charge in [0.2, 0.25) is 11.8 Å². The van der Waals surface area contributed by atoms with Gasteiger partial charge in [-0.2, -0.15) is 0 Å². The van der Waals surface area contributed by atoms with Gasteiger partial charge in [0.15, 0.2) is 0 Å². The summed E-state index contributed by atoms with van der Waals surface area (Å²) in [6.07, 6.45) is 0.224. The maximum atomic E-state index is 12.2. The Morgan fingerprint density at radius 1 is 1.42 bits per heavy atom. The summed E-state index contributed by atoms with van der Waals surface area (Å²) < 4.78 is 0. The van der Waals surface area contributed by atoms with E-state index in [0.717, 1.165) is 0 Å². The van der Waals surface area contributed by atoms with E-state index in [-0.39, 0.29) is 34.7 Å². The molecule has 8 nitrogen and oxygen atoms in total. The van der Waals surface area contributed by atoms with Crippen molar-refractivity contribution >= 4 is 29.5 Å². The number of primary amides is 1. The number of hydrogen-bond donors (Lipinski definition) is 4. The molecule has 0 saturated carbocycles. The number of rotatable bonds is 5. The number of aliphatic carboxylic acids is 1. The van der Waals surface area contributed by atoms with Crippen molar-refractivity contribution in [2.45, 2.75) is 37.2 Å². The van der Waals surface area contributed by atoms with E-state index >= 15 is 0 Å². The monoisotopic (exact) mass is 355 g/mol. The number of aliphatic hydroxyl groups excluding tert-OH is 1. The van der Waals surface area contributed by atoms with Gasteiger partial charge in [-0.1, -0.05) is 0 Å². The number of carbonyl (C=O) groups excluding carboxylic acids is 2. The van der Waals surface area contributed by atoms with Crippen LogP contribution in [0, 0.1) is 11.8 Å². The maximum Gasteiger partial charge on any atom is 0.353 e. The molecule has 5 N–H and O–H groups in total. The van der Waals surface area contributed by atoms with Crippen molar-refractivity contribution in [2.24, 2.45) is 17.6 Å². The van der Waals surface area contributed by atoms with E-state index in [1.54, 1.807) is 6.92 Å². The van der Waals surface area contributed by atoms with Gasteiger partial charge < -0.3 is 26.2 Å². The van der Waals surface area contributed by atoms with Gasteiger partial charge in [0.25, 0.3) is 0 Å². The molecule has 3 heterocycles. The Morgan fingerprint density at radius 3 is 2.71 bits per heavy atom. The number of amides is 2. The van der Waals surface area contributed by atoms with Gasteiger partial charge in [0.1, 0.15) is 5.70 Å². The molecule has 3 aliphatic rings. The maximum absolute atomic E-state index is 12.2. The lowest BCUT2D eigenvalue weighted by Crippen LogP contribution is -2.61. The van der Waals surface area contributed by atoms with Crippen LogP contribution in [0.5, 0.6) is 0 Å². The highest BCUT2D eigenvalue weighted by Crippen LogP contribution is 2.48. The first-order valence-corrected chi connectivity index (χ1v) is 8.83. The molecule has 2 amide bonds. The molecule has 0 aromatic heterocycles. The average molecular weight is 355 g/mol. The minimum Gasteiger partial charge on any atom is -0.477 e. The summed E-state index contributed by atoms with van der Waals surface area (Å²) in [5, 5.41) is 22.4. The van der Waals surface area contributed by atoms with Crippen LogP contribution in [0.3, 0.4) is 0 Å². The van der Waals surface area contributed by atoms with Gasteiger partial charge in [-0.15, -0.1) is 11.8 Å². The quantitative estimate of drug-likeness (QED) is 0.469. The van der Waals surface area contributed by atoms with Gasteiger partial charge in [0, 0.05) is 29.7 Å². The molecule has 3 rings (SSSR count). The van der Waals surface area contributed by atoms with Crippen molar-refractivity contribution in [1.29, 1.82) is 0 Å². The predicted molar refractivity (Wildman–Crippen MR) is 86.6 cm³/mol. The Hall–Kier alpha value is -1.58. The number of carbonyl (C=O) groups is 3. The Balaban J connectivity index is 1.76. The topological polar surface area (TPSA) is 133 Å². The fourth-order valence-corrected chi connectivity index (χ4v) is 5.24. The molecule has 0 aromatic carbocycles. The van der Waals surface area contributed by atoms with Crippen LogP contribution in [0.15, 0.2) is 10.6 Å². The molecule has 3 aliphatic heterocycles. The molecule has 0 aliphatic carbocycles. The van der Waals surface area contributed by atoms with E-state index in [2.05, 4.69) is 5.32 Å². The standard InChI is InChI=1S/C15H21N3O5S/c1-6(19)11-9-3-10(12(15(22)23)18(9)14(11)21)24-8-2-7(13(16)20)4-17-5-8/h6-9,11,17,19H,2-5H2,1H3,(H2,16,20)(H,22,23)/t6-,7+,8+,9-,11-/m1/s1. The third-order valence-corrected chi connectivity index (χ3v) is 6.25. The van der Waals surface area contributed by atoms with Crippen molar-refractivity contribution in [3.8, 4) is 0 Å². The minimum atomic E-state index is -1.13. The number of carboxylic acid groups (broad SMARTS) is 1. The molecule has 132 valence electrons. The van der Waals surface area contributed by atoms with Crippen molar-refractivity contribution < 1.29 is 24.6 Å². The first kappa shape index (κ1) is 17.2. The van der Waals surface area contributed by atoms with Gasteiger partial charge in [-0.05, 0) is 13.3 Å². The number of hydrogen-bond acceptors (Lipinski definition) is 6. The SMILES string of the molecule is C[C@@H](O)[C@H]1C(=O)N2C(C(=O)O)=C(S[C@@H]3CNC[C@@H](C(N)=O)C3)C[C@H]12. The summed E-state index contributed by atoms with van der Waals surface area (Å²) >= 11 is 1.40. The van der Waals surface area contributed by atoms with Crippen LogP contribution in [-0.2, 0) is 14.4 Å². The summed E-state index contributed by atoms with van der Waals surface area (Å²) in [4.78, 5) is 37.1. The second-order valence-electron chi connectivity index (χ2n) is 6.56. The fourth-order valence-electron chi connectivity index (χ4n) is 3.75. The number of nitrogens with one attached hydrogen (secondary N) is 1. The lowest BCUT2D eigenvalue weighted by Gasteiger charge is -2.44. The molecule has 0 radical (unpaired) electrons.